The van der Waals surface area contributed by atoms with E-state index in [4.69, 9.17) is 16.3 Å². The van der Waals surface area contributed by atoms with E-state index in [2.05, 4.69) is 10.2 Å². The van der Waals surface area contributed by atoms with Crippen molar-refractivity contribution in [3.05, 3.63) is 64.7 Å². The predicted molar refractivity (Wildman–Crippen MR) is 111 cm³/mol. The largest absolute Gasteiger partial charge is 0.488 e. The molecule has 5 nitrogen and oxygen atoms in total. The molecule has 148 valence electrons. The van der Waals surface area contributed by atoms with E-state index in [0.717, 1.165) is 51.3 Å². The second-order valence-electron chi connectivity index (χ2n) is 7.39. The molecule has 0 saturated carbocycles. The molecule has 1 amide bonds. The molecule has 6 heteroatoms. The Morgan fingerprint density at radius 3 is 2.61 bits per heavy atom. The monoisotopic (exact) mass is 399 g/mol. The highest BCUT2D eigenvalue weighted by atomic mass is 35.5. The molecular formula is C22H26ClN3O2. The molecule has 2 fully saturated rings. The fraction of sp³-hybridized carbons (Fsp3) is 0.409. The van der Waals surface area contributed by atoms with Crippen molar-refractivity contribution in [3.8, 4) is 5.75 Å². The molecule has 0 aliphatic carbocycles. The van der Waals surface area contributed by atoms with Crippen LogP contribution in [0.1, 0.15) is 22.3 Å². The van der Waals surface area contributed by atoms with Crippen LogP contribution < -0.4 is 10.1 Å². The molecule has 0 radical (unpaired) electrons. The summed E-state index contributed by atoms with van der Waals surface area (Å²) in [4.78, 5) is 17.6. The zero-order valence-electron chi connectivity index (χ0n) is 15.9. The Hall–Kier alpha value is -2.08. The summed E-state index contributed by atoms with van der Waals surface area (Å²) in [6.45, 7) is 6.20. The van der Waals surface area contributed by atoms with Gasteiger partial charge >= 0.3 is 0 Å². The Balaban J connectivity index is 1.41. The lowest BCUT2D eigenvalue weighted by atomic mass is 10.1. The van der Waals surface area contributed by atoms with Crippen molar-refractivity contribution in [2.24, 2.45) is 0 Å². The lowest BCUT2D eigenvalue weighted by Crippen LogP contribution is -2.49. The van der Waals surface area contributed by atoms with Gasteiger partial charge in [0.1, 0.15) is 12.4 Å². The molecule has 0 bridgehead atoms. The average Bonchev–Trinajstić information content (AvgIpc) is 3.24. The third-order valence-electron chi connectivity index (χ3n) is 5.54. The van der Waals surface area contributed by atoms with Gasteiger partial charge in [-0.25, -0.2) is 0 Å². The van der Waals surface area contributed by atoms with Crippen LogP contribution in [0.15, 0.2) is 48.5 Å². The van der Waals surface area contributed by atoms with Crippen molar-refractivity contribution < 1.29 is 9.53 Å². The predicted octanol–water partition coefficient (Wildman–Crippen LogP) is 3.04. The third-order valence-corrected chi connectivity index (χ3v) is 5.80. The van der Waals surface area contributed by atoms with Crippen molar-refractivity contribution in [1.82, 2.24) is 15.1 Å². The van der Waals surface area contributed by atoms with Gasteiger partial charge in [-0.3, -0.25) is 9.69 Å². The number of ether oxygens (including phenoxy) is 1. The van der Waals surface area contributed by atoms with E-state index in [1.165, 1.54) is 0 Å². The molecule has 4 rings (SSSR count). The van der Waals surface area contributed by atoms with E-state index in [1.54, 1.807) is 0 Å². The van der Waals surface area contributed by atoms with Crippen molar-refractivity contribution in [2.45, 2.75) is 19.1 Å². The zero-order chi connectivity index (χ0) is 19.3. The van der Waals surface area contributed by atoms with Gasteiger partial charge in [-0.1, -0.05) is 35.9 Å². The van der Waals surface area contributed by atoms with E-state index < -0.39 is 0 Å². The molecular weight excluding hydrogens is 374 g/mol. The molecule has 2 aliphatic rings. The molecule has 28 heavy (non-hydrogen) atoms. The third kappa shape index (κ3) is 4.49. The summed E-state index contributed by atoms with van der Waals surface area (Å²) in [7, 11) is 0. The minimum absolute atomic E-state index is 0.0596. The second kappa shape index (κ2) is 8.95. The fourth-order valence-corrected chi connectivity index (χ4v) is 4.08. The van der Waals surface area contributed by atoms with E-state index in [1.807, 2.05) is 53.4 Å². The van der Waals surface area contributed by atoms with Gasteiger partial charge in [0.15, 0.2) is 0 Å². The quantitative estimate of drug-likeness (QED) is 0.839. The fourth-order valence-electron chi connectivity index (χ4n) is 3.95. The first-order chi connectivity index (χ1) is 13.7. The van der Waals surface area contributed by atoms with E-state index in [9.17, 15) is 4.79 Å². The molecule has 1 N–H and O–H groups in total. The standard InChI is InChI=1S/C22H26ClN3O2/c23-18-7-5-17(6-8-18)16-28-21-4-2-1-3-20(21)22(27)26-12-9-19(15-26)25-13-10-24-11-14-25/h1-8,19,24H,9-16H2. The van der Waals surface area contributed by atoms with Gasteiger partial charge in [0.25, 0.3) is 5.91 Å². The SMILES string of the molecule is O=C(c1ccccc1OCc1ccc(Cl)cc1)N1CCC(N2CCNCC2)C1. The van der Waals surface area contributed by atoms with Gasteiger partial charge in [0, 0.05) is 50.3 Å². The summed E-state index contributed by atoms with van der Waals surface area (Å²) in [5, 5.41) is 4.09. The number of nitrogens with one attached hydrogen (secondary N) is 1. The van der Waals surface area contributed by atoms with Gasteiger partial charge in [-0.05, 0) is 36.2 Å². The number of benzene rings is 2. The minimum atomic E-state index is 0.0596. The molecule has 2 heterocycles. The number of carbonyl (C=O) groups is 1. The summed E-state index contributed by atoms with van der Waals surface area (Å²) >= 11 is 5.94. The first kappa shape index (κ1) is 19.2. The zero-order valence-corrected chi connectivity index (χ0v) is 16.7. The van der Waals surface area contributed by atoms with Gasteiger partial charge in [0.05, 0.1) is 5.56 Å². The average molecular weight is 400 g/mol. The van der Waals surface area contributed by atoms with Gasteiger partial charge in [-0.2, -0.15) is 0 Å². The normalized spacial score (nSPS) is 20.3. The van der Waals surface area contributed by atoms with E-state index in [0.29, 0.717) is 29.0 Å². The molecule has 0 aromatic heterocycles. The molecule has 1 atom stereocenters. The maximum absolute atomic E-state index is 13.1. The molecule has 1 unspecified atom stereocenters. The van der Waals surface area contributed by atoms with Crippen LogP contribution in [0.5, 0.6) is 5.75 Å². The highest BCUT2D eigenvalue weighted by Gasteiger charge is 2.32. The molecule has 0 spiro atoms. The van der Waals surface area contributed by atoms with Crippen LogP contribution in [-0.2, 0) is 6.61 Å². The Kier molecular flexibility index (Phi) is 6.15. The second-order valence-corrected chi connectivity index (χ2v) is 7.83. The lowest BCUT2D eigenvalue weighted by Gasteiger charge is -2.32. The number of rotatable bonds is 5. The topological polar surface area (TPSA) is 44.8 Å². The Labute approximate surface area is 171 Å². The Morgan fingerprint density at radius 1 is 1.07 bits per heavy atom. The maximum Gasteiger partial charge on any atom is 0.257 e. The number of carbonyl (C=O) groups excluding carboxylic acids is 1. The van der Waals surface area contributed by atoms with Crippen LogP contribution in [0.2, 0.25) is 5.02 Å². The number of piperazine rings is 1. The van der Waals surface area contributed by atoms with E-state index >= 15 is 0 Å². The van der Waals surface area contributed by atoms with Crippen LogP contribution in [0.4, 0.5) is 0 Å². The lowest BCUT2D eigenvalue weighted by molar-refractivity contribution is 0.0768. The number of amides is 1. The van der Waals surface area contributed by atoms with Gasteiger partial charge in [0.2, 0.25) is 0 Å². The van der Waals surface area contributed by atoms with Crippen LogP contribution >= 0.6 is 11.6 Å². The summed E-state index contributed by atoms with van der Waals surface area (Å²) in [5.41, 5.74) is 1.66. The number of halogens is 1. The number of para-hydroxylation sites is 1. The smallest absolute Gasteiger partial charge is 0.257 e. The maximum atomic E-state index is 13.1. The van der Waals surface area contributed by atoms with E-state index in [-0.39, 0.29) is 5.91 Å². The number of hydrogen-bond acceptors (Lipinski definition) is 4. The van der Waals surface area contributed by atoms with Crippen molar-refractivity contribution in [3.63, 3.8) is 0 Å². The molecule has 2 aromatic carbocycles. The number of nitrogens with zero attached hydrogens (tertiary/aromatic N) is 2. The van der Waals surface area contributed by atoms with Gasteiger partial charge < -0.3 is 15.0 Å². The van der Waals surface area contributed by atoms with Crippen LogP contribution in [0.3, 0.4) is 0 Å². The van der Waals surface area contributed by atoms with Crippen LogP contribution in [0.25, 0.3) is 0 Å². The van der Waals surface area contributed by atoms with Crippen LogP contribution in [-0.4, -0.2) is 61.0 Å². The minimum Gasteiger partial charge on any atom is -0.488 e. The van der Waals surface area contributed by atoms with Gasteiger partial charge in [-0.15, -0.1) is 0 Å². The summed E-state index contributed by atoms with van der Waals surface area (Å²) in [5.74, 6) is 0.692. The number of likely N-dealkylation sites (tertiary alicyclic amines) is 1. The Morgan fingerprint density at radius 2 is 1.82 bits per heavy atom. The van der Waals surface area contributed by atoms with Crippen molar-refractivity contribution >= 4 is 17.5 Å². The first-order valence-corrected chi connectivity index (χ1v) is 10.3. The number of hydrogen-bond donors (Lipinski definition) is 1. The molecule has 2 saturated heterocycles. The summed E-state index contributed by atoms with van der Waals surface area (Å²) < 4.78 is 5.98. The highest BCUT2D eigenvalue weighted by molar-refractivity contribution is 6.30. The molecule has 2 aliphatic heterocycles. The summed E-state index contributed by atoms with van der Waals surface area (Å²) in [6.07, 6.45) is 1.04. The van der Waals surface area contributed by atoms with Crippen molar-refractivity contribution in [1.29, 1.82) is 0 Å². The highest BCUT2D eigenvalue weighted by Crippen LogP contribution is 2.25. The van der Waals surface area contributed by atoms with Crippen LogP contribution in [0, 0.1) is 0 Å². The first-order valence-electron chi connectivity index (χ1n) is 9.91. The van der Waals surface area contributed by atoms with Crippen molar-refractivity contribution in [2.75, 3.05) is 39.3 Å². The summed E-state index contributed by atoms with van der Waals surface area (Å²) in [6, 6.07) is 15.6. The molecule has 2 aromatic rings. The Bertz CT molecular complexity index is 806.